The van der Waals surface area contributed by atoms with Gasteiger partial charge in [0.2, 0.25) is 0 Å². The standard InChI is InChI=1S/C25H27NO3S2/c1-5-15-29-23(28)21(18-9-7-6-8-10-18)26-22(27)20(31-24(26)30)16-17-11-13-19(14-12-17)25(2,3)4/h6-14,16,21H,5,15H2,1-4H3/b20-16+. The topological polar surface area (TPSA) is 46.6 Å². The zero-order valence-corrected chi connectivity index (χ0v) is 19.9. The molecule has 1 unspecified atom stereocenters. The van der Waals surface area contributed by atoms with Crippen molar-refractivity contribution in [3.05, 3.63) is 76.2 Å². The Balaban J connectivity index is 1.91. The fourth-order valence-electron chi connectivity index (χ4n) is 3.24. The molecule has 1 atom stereocenters. The van der Waals surface area contributed by atoms with E-state index >= 15 is 0 Å². The second kappa shape index (κ2) is 9.79. The van der Waals surface area contributed by atoms with Gasteiger partial charge in [-0.15, -0.1) is 0 Å². The third kappa shape index (κ3) is 5.43. The van der Waals surface area contributed by atoms with E-state index < -0.39 is 12.0 Å². The molecule has 1 saturated heterocycles. The lowest BCUT2D eigenvalue weighted by Gasteiger charge is -2.25. The van der Waals surface area contributed by atoms with Gasteiger partial charge in [0, 0.05) is 0 Å². The number of amides is 1. The van der Waals surface area contributed by atoms with Crippen molar-refractivity contribution in [1.29, 1.82) is 0 Å². The van der Waals surface area contributed by atoms with Gasteiger partial charge >= 0.3 is 5.97 Å². The summed E-state index contributed by atoms with van der Waals surface area (Å²) in [5.74, 6) is -0.752. The smallest absolute Gasteiger partial charge is 0.333 e. The summed E-state index contributed by atoms with van der Waals surface area (Å²) in [4.78, 5) is 28.0. The highest BCUT2D eigenvalue weighted by molar-refractivity contribution is 8.26. The SMILES string of the molecule is CCCOC(=O)C(c1ccccc1)N1C(=O)/C(=C\c2ccc(C(C)(C)C)cc2)SC1=S. The minimum atomic E-state index is -0.894. The molecular formula is C25H27NO3S2. The monoisotopic (exact) mass is 453 g/mol. The number of rotatable bonds is 6. The molecule has 0 bridgehead atoms. The Morgan fingerprint density at radius 3 is 2.35 bits per heavy atom. The first kappa shape index (κ1) is 23.2. The number of hydrogen-bond acceptors (Lipinski definition) is 5. The van der Waals surface area contributed by atoms with Gasteiger partial charge in [-0.05, 0) is 34.6 Å². The van der Waals surface area contributed by atoms with Gasteiger partial charge in [0.05, 0.1) is 11.5 Å². The predicted octanol–water partition coefficient (Wildman–Crippen LogP) is 5.88. The molecule has 0 spiro atoms. The van der Waals surface area contributed by atoms with Crippen molar-refractivity contribution >= 4 is 46.3 Å². The maximum Gasteiger partial charge on any atom is 0.333 e. The zero-order valence-electron chi connectivity index (χ0n) is 18.3. The highest BCUT2D eigenvalue weighted by Gasteiger charge is 2.42. The van der Waals surface area contributed by atoms with Crippen molar-refractivity contribution in [3.63, 3.8) is 0 Å². The number of hydrogen-bond donors (Lipinski definition) is 0. The highest BCUT2D eigenvalue weighted by Crippen LogP contribution is 2.39. The molecule has 1 fully saturated rings. The van der Waals surface area contributed by atoms with Gasteiger partial charge in [-0.25, -0.2) is 4.79 Å². The molecule has 0 aliphatic carbocycles. The predicted molar refractivity (Wildman–Crippen MR) is 131 cm³/mol. The van der Waals surface area contributed by atoms with E-state index in [1.165, 1.54) is 22.2 Å². The van der Waals surface area contributed by atoms with E-state index in [2.05, 4.69) is 32.9 Å². The van der Waals surface area contributed by atoms with Crippen LogP contribution >= 0.6 is 24.0 Å². The molecule has 1 aliphatic heterocycles. The van der Waals surface area contributed by atoms with Gasteiger partial charge in [-0.1, -0.05) is 106 Å². The average molecular weight is 454 g/mol. The van der Waals surface area contributed by atoms with Crippen LogP contribution in [-0.4, -0.2) is 27.7 Å². The fourth-order valence-corrected chi connectivity index (χ4v) is 4.55. The van der Waals surface area contributed by atoms with E-state index in [4.69, 9.17) is 17.0 Å². The second-order valence-electron chi connectivity index (χ2n) is 8.40. The van der Waals surface area contributed by atoms with Gasteiger partial charge in [0.1, 0.15) is 4.32 Å². The van der Waals surface area contributed by atoms with Gasteiger partial charge in [0.15, 0.2) is 6.04 Å². The first-order chi connectivity index (χ1) is 14.7. The number of benzene rings is 2. The number of carbonyl (C=O) groups is 2. The van der Waals surface area contributed by atoms with Crippen molar-refractivity contribution in [1.82, 2.24) is 4.90 Å². The number of thiocarbonyl (C=S) groups is 1. The van der Waals surface area contributed by atoms with Crippen LogP contribution in [0.3, 0.4) is 0 Å². The van der Waals surface area contributed by atoms with Gasteiger partial charge < -0.3 is 4.74 Å². The maximum atomic E-state index is 13.3. The highest BCUT2D eigenvalue weighted by atomic mass is 32.2. The molecule has 0 radical (unpaired) electrons. The third-order valence-corrected chi connectivity index (χ3v) is 6.27. The minimum Gasteiger partial charge on any atom is -0.464 e. The van der Waals surface area contributed by atoms with Crippen LogP contribution in [0.25, 0.3) is 6.08 Å². The van der Waals surface area contributed by atoms with E-state index in [0.29, 0.717) is 27.8 Å². The van der Waals surface area contributed by atoms with E-state index in [1.807, 2.05) is 55.5 Å². The van der Waals surface area contributed by atoms with Crippen LogP contribution in [-0.2, 0) is 19.7 Å². The lowest BCUT2D eigenvalue weighted by molar-refractivity contribution is -0.151. The first-order valence-corrected chi connectivity index (χ1v) is 11.5. The Kier molecular flexibility index (Phi) is 7.34. The van der Waals surface area contributed by atoms with E-state index in [9.17, 15) is 9.59 Å². The Morgan fingerprint density at radius 2 is 1.77 bits per heavy atom. The van der Waals surface area contributed by atoms with Crippen LogP contribution in [0.15, 0.2) is 59.5 Å². The molecule has 2 aromatic carbocycles. The molecule has 1 amide bonds. The van der Waals surface area contributed by atoms with Crippen LogP contribution in [0, 0.1) is 0 Å². The molecule has 162 valence electrons. The third-order valence-electron chi connectivity index (χ3n) is 4.94. The first-order valence-electron chi connectivity index (χ1n) is 10.3. The Bertz CT molecular complexity index is 992. The summed E-state index contributed by atoms with van der Waals surface area (Å²) in [6, 6.07) is 16.4. The molecule has 3 rings (SSSR count). The largest absolute Gasteiger partial charge is 0.464 e. The molecular weight excluding hydrogens is 426 g/mol. The van der Waals surface area contributed by atoms with Crippen LogP contribution in [0.5, 0.6) is 0 Å². The van der Waals surface area contributed by atoms with Crippen molar-refractivity contribution in [3.8, 4) is 0 Å². The fraction of sp³-hybridized carbons (Fsp3) is 0.320. The lowest BCUT2D eigenvalue weighted by atomic mass is 9.87. The minimum absolute atomic E-state index is 0.0592. The molecule has 0 N–H and O–H groups in total. The summed E-state index contributed by atoms with van der Waals surface area (Å²) in [5.41, 5.74) is 2.87. The summed E-state index contributed by atoms with van der Waals surface area (Å²) in [6.45, 7) is 8.71. The molecule has 6 heteroatoms. The molecule has 31 heavy (non-hydrogen) atoms. The Hall–Kier alpha value is -2.44. The summed E-state index contributed by atoms with van der Waals surface area (Å²) in [7, 11) is 0. The summed E-state index contributed by atoms with van der Waals surface area (Å²) in [6.07, 6.45) is 2.53. The van der Waals surface area contributed by atoms with Crippen LogP contribution in [0.4, 0.5) is 0 Å². The summed E-state index contributed by atoms with van der Waals surface area (Å²) < 4.78 is 5.75. The molecule has 4 nitrogen and oxygen atoms in total. The number of esters is 1. The van der Waals surface area contributed by atoms with E-state index in [0.717, 1.165) is 5.56 Å². The number of thioether (sulfide) groups is 1. The Labute approximate surface area is 193 Å². The number of ether oxygens (including phenoxy) is 1. The molecule has 0 saturated carbocycles. The lowest BCUT2D eigenvalue weighted by Crippen LogP contribution is -2.38. The molecule has 2 aromatic rings. The van der Waals surface area contributed by atoms with Crippen molar-refractivity contribution in [2.75, 3.05) is 6.61 Å². The summed E-state index contributed by atoms with van der Waals surface area (Å²) in [5, 5.41) is 0. The van der Waals surface area contributed by atoms with Gasteiger partial charge in [0.25, 0.3) is 5.91 Å². The van der Waals surface area contributed by atoms with Crippen molar-refractivity contribution in [2.45, 2.75) is 45.6 Å². The maximum absolute atomic E-state index is 13.3. The molecule has 1 heterocycles. The average Bonchev–Trinajstić information content (AvgIpc) is 3.01. The van der Waals surface area contributed by atoms with Gasteiger partial charge in [-0.2, -0.15) is 0 Å². The number of nitrogens with zero attached hydrogens (tertiary/aromatic N) is 1. The van der Waals surface area contributed by atoms with E-state index in [1.54, 1.807) is 0 Å². The summed E-state index contributed by atoms with van der Waals surface area (Å²) >= 11 is 6.72. The Morgan fingerprint density at radius 1 is 1.13 bits per heavy atom. The molecule has 1 aliphatic rings. The quantitative estimate of drug-likeness (QED) is 0.310. The normalized spacial score (nSPS) is 16.6. The zero-order chi connectivity index (χ0) is 22.6. The van der Waals surface area contributed by atoms with Crippen molar-refractivity contribution in [2.24, 2.45) is 0 Å². The second-order valence-corrected chi connectivity index (χ2v) is 10.1. The molecule has 0 aromatic heterocycles. The van der Waals surface area contributed by atoms with Gasteiger partial charge in [-0.3, -0.25) is 9.69 Å². The number of carbonyl (C=O) groups excluding carboxylic acids is 2. The van der Waals surface area contributed by atoms with Crippen LogP contribution in [0.2, 0.25) is 0 Å². The van der Waals surface area contributed by atoms with Crippen LogP contribution < -0.4 is 0 Å². The van der Waals surface area contributed by atoms with Crippen LogP contribution in [0.1, 0.15) is 56.8 Å². The van der Waals surface area contributed by atoms with Crippen molar-refractivity contribution < 1.29 is 14.3 Å². The van der Waals surface area contributed by atoms with E-state index in [-0.39, 0.29) is 11.3 Å².